The zero-order valence-electron chi connectivity index (χ0n) is 11.4. The molecule has 1 saturated heterocycles. The fourth-order valence-corrected chi connectivity index (χ4v) is 2.26. The van der Waals surface area contributed by atoms with Crippen LogP contribution in [0.1, 0.15) is 5.69 Å². The predicted octanol–water partition coefficient (Wildman–Crippen LogP) is 1.51. The van der Waals surface area contributed by atoms with Crippen LogP contribution < -0.4 is 5.43 Å². The van der Waals surface area contributed by atoms with Gasteiger partial charge in [0.25, 0.3) is 0 Å². The molecule has 2 aromatic rings. The van der Waals surface area contributed by atoms with Gasteiger partial charge in [0.1, 0.15) is 0 Å². The summed E-state index contributed by atoms with van der Waals surface area (Å²) in [5, 5.41) is 2.21. The predicted molar refractivity (Wildman–Crippen MR) is 77.0 cm³/mol. The molecule has 0 atom stereocenters. The highest BCUT2D eigenvalue weighted by atomic mass is 15.5. The maximum Gasteiger partial charge on any atom is 0.162 e. The highest BCUT2D eigenvalue weighted by Gasteiger charge is 2.15. The van der Waals surface area contributed by atoms with Crippen LogP contribution in [0.3, 0.4) is 0 Å². The summed E-state index contributed by atoms with van der Waals surface area (Å²) >= 11 is 0. The lowest BCUT2D eigenvalue weighted by atomic mass is 10.3. The summed E-state index contributed by atoms with van der Waals surface area (Å²) < 4.78 is 0. The Hall–Kier alpha value is -1.72. The van der Waals surface area contributed by atoms with Crippen LogP contribution in [0.5, 0.6) is 0 Å². The van der Waals surface area contributed by atoms with E-state index in [1.54, 1.807) is 0 Å². The molecular formula is C14H19N5. The summed E-state index contributed by atoms with van der Waals surface area (Å²) in [6.45, 7) is 6.16. The van der Waals surface area contributed by atoms with E-state index in [0.29, 0.717) is 0 Å². The summed E-state index contributed by atoms with van der Waals surface area (Å²) in [7, 11) is 2.15. The number of aryl methyl sites for hydroxylation is 1. The van der Waals surface area contributed by atoms with Crippen LogP contribution in [0.15, 0.2) is 24.3 Å². The van der Waals surface area contributed by atoms with E-state index in [1.165, 1.54) is 0 Å². The molecule has 1 aromatic heterocycles. The number of aromatic nitrogens is 2. The Bertz CT molecular complexity index is 575. The first kappa shape index (κ1) is 12.3. The molecule has 19 heavy (non-hydrogen) atoms. The molecule has 100 valence electrons. The maximum atomic E-state index is 4.66. The molecule has 1 aliphatic rings. The van der Waals surface area contributed by atoms with Gasteiger partial charge in [-0.3, -0.25) is 0 Å². The first-order valence-corrected chi connectivity index (χ1v) is 6.66. The van der Waals surface area contributed by atoms with Gasteiger partial charge in [-0.05, 0) is 26.1 Å². The lowest BCUT2D eigenvalue weighted by Crippen LogP contribution is -2.47. The van der Waals surface area contributed by atoms with Crippen LogP contribution in [0.25, 0.3) is 11.0 Å². The van der Waals surface area contributed by atoms with Crippen molar-refractivity contribution in [3.05, 3.63) is 30.0 Å². The number of para-hydroxylation sites is 2. The van der Waals surface area contributed by atoms with E-state index in [1.807, 2.05) is 31.2 Å². The minimum atomic E-state index is 0.864. The monoisotopic (exact) mass is 257 g/mol. The van der Waals surface area contributed by atoms with Gasteiger partial charge in [-0.2, -0.15) is 0 Å². The van der Waals surface area contributed by atoms with Gasteiger partial charge in [-0.25, -0.2) is 15.0 Å². The van der Waals surface area contributed by atoms with E-state index < -0.39 is 0 Å². The summed E-state index contributed by atoms with van der Waals surface area (Å²) in [4.78, 5) is 11.6. The molecule has 0 radical (unpaired) electrons. The van der Waals surface area contributed by atoms with E-state index in [-0.39, 0.29) is 0 Å². The zero-order chi connectivity index (χ0) is 13.2. The van der Waals surface area contributed by atoms with Crippen molar-refractivity contribution in [2.75, 3.05) is 38.7 Å². The van der Waals surface area contributed by atoms with Crippen molar-refractivity contribution in [1.82, 2.24) is 19.9 Å². The molecule has 1 N–H and O–H groups in total. The highest BCUT2D eigenvalue weighted by molar-refractivity contribution is 5.76. The van der Waals surface area contributed by atoms with Crippen molar-refractivity contribution < 1.29 is 0 Å². The number of fused-ring (bicyclic) bond motifs is 1. The molecule has 3 rings (SSSR count). The zero-order valence-corrected chi connectivity index (χ0v) is 11.4. The standard InChI is InChI=1S/C14H19N5/c1-11-14(17-19-9-7-18(2)8-10-19)16-13-6-4-3-5-12(13)15-11/h3-6H,7-10H2,1-2H3,(H,16,17). The number of hydrogen-bond acceptors (Lipinski definition) is 5. The SMILES string of the molecule is Cc1nc2ccccc2nc1NN1CCN(C)CC1. The van der Waals surface area contributed by atoms with Crippen LogP contribution in [0.2, 0.25) is 0 Å². The van der Waals surface area contributed by atoms with E-state index in [4.69, 9.17) is 0 Å². The first-order chi connectivity index (χ1) is 9.22. The van der Waals surface area contributed by atoms with Crippen molar-refractivity contribution in [2.24, 2.45) is 0 Å². The third-order valence-corrected chi connectivity index (χ3v) is 3.51. The summed E-state index contributed by atoms with van der Waals surface area (Å²) in [6.07, 6.45) is 0. The molecule has 5 heteroatoms. The lowest BCUT2D eigenvalue weighted by Gasteiger charge is -2.32. The van der Waals surface area contributed by atoms with Gasteiger partial charge in [-0.15, -0.1) is 0 Å². The normalized spacial score (nSPS) is 17.8. The molecule has 0 unspecified atom stereocenters. The van der Waals surface area contributed by atoms with Crippen LogP contribution >= 0.6 is 0 Å². The highest BCUT2D eigenvalue weighted by Crippen LogP contribution is 2.16. The Kier molecular flexibility index (Phi) is 3.31. The maximum absolute atomic E-state index is 4.66. The van der Waals surface area contributed by atoms with Crippen molar-refractivity contribution in [3.63, 3.8) is 0 Å². The molecule has 1 aliphatic heterocycles. The van der Waals surface area contributed by atoms with Gasteiger partial charge in [0.05, 0.1) is 16.7 Å². The van der Waals surface area contributed by atoms with Crippen molar-refractivity contribution >= 4 is 16.9 Å². The molecule has 1 fully saturated rings. The largest absolute Gasteiger partial charge is 0.304 e. The Morgan fingerprint density at radius 3 is 2.32 bits per heavy atom. The Morgan fingerprint density at radius 2 is 1.63 bits per heavy atom. The molecular weight excluding hydrogens is 238 g/mol. The number of likely N-dealkylation sites (N-methyl/N-ethyl adjacent to an activating group) is 1. The number of benzene rings is 1. The summed E-state index contributed by atoms with van der Waals surface area (Å²) in [5.41, 5.74) is 6.22. The first-order valence-electron chi connectivity index (χ1n) is 6.66. The van der Waals surface area contributed by atoms with E-state index in [9.17, 15) is 0 Å². The van der Waals surface area contributed by atoms with Gasteiger partial charge >= 0.3 is 0 Å². The number of nitrogens with one attached hydrogen (secondary N) is 1. The minimum Gasteiger partial charge on any atom is -0.304 e. The molecule has 0 spiro atoms. The van der Waals surface area contributed by atoms with Gasteiger partial charge in [0.2, 0.25) is 0 Å². The van der Waals surface area contributed by atoms with Crippen molar-refractivity contribution in [1.29, 1.82) is 0 Å². The van der Waals surface area contributed by atoms with Gasteiger partial charge in [0.15, 0.2) is 5.82 Å². The Balaban J connectivity index is 1.82. The van der Waals surface area contributed by atoms with Crippen molar-refractivity contribution in [2.45, 2.75) is 6.92 Å². The van der Waals surface area contributed by atoms with Crippen LogP contribution in [0, 0.1) is 6.92 Å². The second kappa shape index (κ2) is 5.11. The number of rotatable bonds is 2. The van der Waals surface area contributed by atoms with Gasteiger partial charge in [-0.1, -0.05) is 12.1 Å². The molecule has 0 saturated carbocycles. The second-order valence-corrected chi connectivity index (χ2v) is 5.05. The number of anilines is 1. The van der Waals surface area contributed by atoms with Gasteiger partial charge in [0, 0.05) is 26.2 Å². The number of nitrogens with zero attached hydrogens (tertiary/aromatic N) is 4. The number of hydrogen-bond donors (Lipinski definition) is 1. The fourth-order valence-electron chi connectivity index (χ4n) is 2.26. The van der Waals surface area contributed by atoms with Crippen molar-refractivity contribution in [3.8, 4) is 0 Å². The second-order valence-electron chi connectivity index (χ2n) is 5.05. The van der Waals surface area contributed by atoms with E-state index in [2.05, 4.69) is 32.4 Å². The third kappa shape index (κ3) is 2.67. The number of hydrazine groups is 1. The van der Waals surface area contributed by atoms with Crippen LogP contribution in [-0.4, -0.2) is 53.1 Å². The molecule has 0 amide bonds. The molecule has 5 nitrogen and oxygen atoms in total. The summed E-state index contributed by atoms with van der Waals surface area (Å²) in [6, 6.07) is 7.97. The van der Waals surface area contributed by atoms with E-state index in [0.717, 1.165) is 48.7 Å². The molecule has 0 aliphatic carbocycles. The topological polar surface area (TPSA) is 44.3 Å². The molecule has 0 bridgehead atoms. The number of piperazine rings is 1. The Morgan fingerprint density at radius 1 is 1.00 bits per heavy atom. The third-order valence-electron chi connectivity index (χ3n) is 3.51. The van der Waals surface area contributed by atoms with Crippen LogP contribution in [0.4, 0.5) is 5.82 Å². The van der Waals surface area contributed by atoms with Gasteiger partial charge < -0.3 is 10.3 Å². The molecule has 2 heterocycles. The smallest absolute Gasteiger partial charge is 0.162 e. The quantitative estimate of drug-likeness (QED) is 0.883. The average Bonchev–Trinajstić information content (AvgIpc) is 2.42. The van der Waals surface area contributed by atoms with E-state index >= 15 is 0 Å². The van der Waals surface area contributed by atoms with Crippen LogP contribution in [-0.2, 0) is 0 Å². The lowest BCUT2D eigenvalue weighted by molar-refractivity contribution is 0.178. The fraction of sp³-hybridized carbons (Fsp3) is 0.429. The Labute approximate surface area is 113 Å². The molecule has 1 aromatic carbocycles. The average molecular weight is 257 g/mol. The summed E-state index contributed by atoms with van der Waals surface area (Å²) in [5.74, 6) is 0.864. The minimum absolute atomic E-state index is 0.864.